The van der Waals surface area contributed by atoms with E-state index < -0.39 is 5.60 Å². The van der Waals surface area contributed by atoms with E-state index in [1.165, 1.54) is 0 Å². The van der Waals surface area contributed by atoms with Gasteiger partial charge in [-0.15, -0.1) is 0 Å². The van der Waals surface area contributed by atoms with E-state index in [4.69, 9.17) is 0 Å². The third-order valence-electron chi connectivity index (χ3n) is 2.96. The van der Waals surface area contributed by atoms with Crippen molar-refractivity contribution < 1.29 is 5.11 Å². The molecule has 2 heteroatoms. The fourth-order valence-electron chi connectivity index (χ4n) is 2.03. The van der Waals surface area contributed by atoms with Crippen LogP contribution in [0.4, 0.5) is 0 Å². The first-order chi connectivity index (χ1) is 7.63. The Morgan fingerprint density at radius 1 is 1.31 bits per heavy atom. The second kappa shape index (κ2) is 4.22. The van der Waals surface area contributed by atoms with Crippen LogP contribution in [0.15, 0.2) is 36.5 Å². The van der Waals surface area contributed by atoms with Gasteiger partial charge in [0.1, 0.15) is 0 Å². The quantitative estimate of drug-likeness (QED) is 0.852. The minimum absolute atomic E-state index is 0.750. The zero-order valence-corrected chi connectivity index (χ0v) is 9.77. The van der Waals surface area contributed by atoms with Crippen LogP contribution in [0.3, 0.4) is 0 Å². The van der Waals surface area contributed by atoms with Gasteiger partial charge in [-0.2, -0.15) is 0 Å². The van der Waals surface area contributed by atoms with Gasteiger partial charge in [-0.25, -0.2) is 0 Å². The molecule has 0 saturated heterocycles. The molecule has 1 unspecified atom stereocenters. The Balaban J connectivity index is 2.46. The van der Waals surface area contributed by atoms with Crippen LogP contribution in [0, 0.1) is 0 Å². The van der Waals surface area contributed by atoms with Gasteiger partial charge in [-0.05, 0) is 31.0 Å². The van der Waals surface area contributed by atoms with Gasteiger partial charge in [0.05, 0.1) is 11.1 Å². The summed E-state index contributed by atoms with van der Waals surface area (Å²) in [6.07, 6.45) is 3.51. The van der Waals surface area contributed by atoms with Crippen LogP contribution in [-0.4, -0.2) is 10.1 Å². The van der Waals surface area contributed by atoms with E-state index in [9.17, 15) is 5.11 Å². The maximum absolute atomic E-state index is 10.3. The minimum Gasteiger partial charge on any atom is -0.385 e. The number of fused-ring (bicyclic) bond motifs is 1. The number of pyridine rings is 1. The highest BCUT2D eigenvalue weighted by Gasteiger charge is 2.21. The molecule has 0 aliphatic carbocycles. The highest BCUT2D eigenvalue weighted by molar-refractivity contribution is 5.79. The van der Waals surface area contributed by atoms with Crippen molar-refractivity contribution in [2.75, 3.05) is 0 Å². The smallest absolute Gasteiger partial charge is 0.0869 e. The van der Waals surface area contributed by atoms with Crippen LogP contribution in [0.2, 0.25) is 0 Å². The van der Waals surface area contributed by atoms with Crippen LogP contribution >= 0.6 is 0 Å². The standard InChI is InChI=1S/C14H17NO/c1-3-8-14(2,16)12-7-6-11-5-4-9-15-13(11)10-12/h4-7,9-10,16H,3,8H2,1-2H3. The molecule has 16 heavy (non-hydrogen) atoms. The van der Waals surface area contributed by atoms with Crippen molar-refractivity contribution in [2.24, 2.45) is 0 Å². The van der Waals surface area contributed by atoms with Crippen molar-refractivity contribution in [1.82, 2.24) is 4.98 Å². The summed E-state index contributed by atoms with van der Waals surface area (Å²) in [5.74, 6) is 0. The summed E-state index contributed by atoms with van der Waals surface area (Å²) < 4.78 is 0. The molecule has 0 aliphatic rings. The van der Waals surface area contributed by atoms with Crippen LogP contribution in [-0.2, 0) is 5.60 Å². The second-order valence-electron chi connectivity index (χ2n) is 4.43. The first kappa shape index (κ1) is 11.1. The molecule has 1 heterocycles. The van der Waals surface area contributed by atoms with E-state index in [1.807, 2.05) is 37.3 Å². The molecule has 0 amide bonds. The van der Waals surface area contributed by atoms with Gasteiger partial charge in [-0.1, -0.05) is 31.5 Å². The number of rotatable bonds is 3. The number of nitrogens with zero attached hydrogens (tertiary/aromatic N) is 1. The number of aliphatic hydroxyl groups is 1. The van der Waals surface area contributed by atoms with Gasteiger partial charge in [0, 0.05) is 11.6 Å². The number of benzene rings is 1. The van der Waals surface area contributed by atoms with Crippen LogP contribution in [0.5, 0.6) is 0 Å². The fraction of sp³-hybridized carbons (Fsp3) is 0.357. The van der Waals surface area contributed by atoms with Gasteiger partial charge in [0.15, 0.2) is 0 Å². The van der Waals surface area contributed by atoms with Gasteiger partial charge >= 0.3 is 0 Å². The molecule has 1 atom stereocenters. The third kappa shape index (κ3) is 2.07. The van der Waals surface area contributed by atoms with Crippen molar-refractivity contribution >= 4 is 10.9 Å². The monoisotopic (exact) mass is 215 g/mol. The molecule has 0 spiro atoms. The lowest BCUT2D eigenvalue weighted by atomic mass is 9.91. The van der Waals surface area contributed by atoms with Crippen molar-refractivity contribution in [3.63, 3.8) is 0 Å². The normalized spacial score (nSPS) is 14.9. The largest absolute Gasteiger partial charge is 0.385 e. The summed E-state index contributed by atoms with van der Waals surface area (Å²) in [6, 6.07) is 9.93. The van der Waals surface area contributed by atoms with E-state index in [0.717, 1.165) is 29.3 Å². The summed E-state index contributed by atoms with van der Waals surface area (Å²) in [4.78, 5) is 4.30. The Hall–Kier alpha value is -1.41. The van der Waals surface area contributed by atoms with Crippen molar-refractivity contribution in [2.45, 2.75) is 32.3 Å². The lowest BCUT2D eigenvalue weighted by molar-refractivity contribution is 0.0471. The molecular formula is C14H17NO. The molecule has 84 valence electrons. The van der Waals surface area contributed by atoms with Crippen molar-refractivity contribution in [3.8, 4) is 0 Å². The average Bonchev–Trinajstić information content (AvgIpc) is 2.28. The van der Waals surface area contributed by atoms with Crippen molar-refractivity contribution in [3.05, 3.63) is 42.1 Å². The molecular weight excluding hydrogens is 198 g/mol. The Morgan fingerprint density at radius 2 is 2.12 bits per heavy atom. The van der Waals surface area contributed by atoms with Gasteiger partial charge in [0.2, 0.25) is 0 Å². The second-order valence-corrected chi connectivity index (χ2v) is 4.43. The lowest BCUT2D eigenvalue weighted by Crippen LogP contribution is -2.20. The average molecular weight is 215 g/mol. The van der Waals surface area contributed by atoms with E-state index in [-0.39, 0.29) is 0 Å². The molecule has 1 aromatic heterocycles. The zero-order chi connectivity index (χ0) is 11.6. The molecule has 0 aliphatic heterocycles. The topological polar surface area (TPSA) is 33.1 Å². The van der Waals surface area contributed by atoms with E-state index in [2.05, 4.69) is 11.9 Å². The Kier molecular flexibility index (Phi) is 2.92. The van der Waals surface area contributed by atoms with Crippen LogP contribution in [0.1, 0.15) is 32.3 Å². The predicted molar refractivity (Wildman–Crippen MR) is 66.2 cm³/mol. The number of hydrogen-bond acceptors (Lipinski definition) is 2. The highest BCUT2D eigenvalue weighted by Crippen LogP contribution is 2.27. The molecule has 0 saturated carbocycles. The number of aromatic nitrogens is 1. The van der Waals surface area contributed by atoms with E-state index >= 15 is 0 Å². The minimum atomic E-state index is -0.750. The predicted octanol–water partition coefficient (Wildman–Crippen LogP) is 3.24. The zero-order valence-electron chi connectivity index (χ0n) is 9.77. The van der Waals surface area contributed by atoms with Gasteiger partial charge < -0.3 is 5.11 Å². The molecule has 0 radical (unpaired) electrons. The number of hydrogen-bond donors (Lipinski definition) is 1. The molecule has 2 nitrogen and oxygen atoms in total. The van der Waals surface area contributed by atoms with Crippen LogP contribution < -0.4 is 0 Å². The summed E-state index contributed by atoms with van der Waals surface area (Å²) in [5, 5.41) is 11.4. The first-order valence-corrected chi connectivity index (χ1v) is 5.71. The third-order valence-corrected chi connectivity index (χ3v) is 2.96. The lowest BCUT2D eigenvalue weighted by Gasteiger charge is -2.23. The Morgan fingerprint density at radius 3 is 2.88 bits per heavy atom. The fourth-order valence-corrected chi connectivity index (χ4v) is 2.03. The molecule has 2 aromatic rings. The highest BCUT2D eigenvalue weighted by atomic mass is 16.3. The molecule has 0 bridgehead atoms. The maximum atomic E-state index is 10.3. The summed E-state index contributed by atoms with van der Waals surface area (Å²) in [5.41, 5.74) is 1.14. The molecule has 0 fully saturated rings. The maximum Gasteiger partial charge on any atom is 0.0869 e. The Bertz CT molecular complexity index is 491. The molecule has 1 N–H and O–H groups in total. The van der Waals surface area contributed by atoms with Crippen LogP contribution in [0.25, 0.3) is 10.9 Å². The molecule has 2 rings (SSSR count). The SMILES string of the molecule is CCCC(C)(O)c1ccc2cccnc2c1. The summed E-state index contributed by atoms with van der Waals surface area (Å²) in [6.45, 7) is 3.94. The van der Waals surface area contributed by atoms with E-state index in [0.29, 0.717) is 0 Å². The van der Waals surface area contributed by atoms with E-state index in [1.54, 1.807) is 6.20 Å². The van der Waals surface area contributed by atoms with Crippen molar-refractivity contribution in [1.29, 1.82) is 0 Å². The summed E-state index contributed by atoms with van der Waals surface area (Å²) in [7, 11) is 0. The van der Waals surface area contributed by atoms with Gasteiger partial charge in [-0.3, -0.25) is 4.98 Å². The summed E-state index contributed by atoms with van der Waals surface area (Å²) >= 11 is 0. The Labute approximate surface area is 96.0 Å². The first-order valence-electron chi connectivity index (χ1n) is 5.71. The molecule has 1 aromatic carbocycles. The van der Waals surface area contributed by atoms with Gasteiger partial charge in [0.25, 0.3) is 0 Å².